The van der Waals surface area contributed by atoms with Gasteiger partial charge in [0, 0.05) is 25.2 Å². The van der Waals surface area contributed by atoms with Crippen LogP contribution in [-0.4, -0.2) is 35.9 Å². The molecule has 2 atom stereocenters. The fraction of sp³-hybridized carbons (Fsp3) is 0.643. The highest BCUT2D eigenvalue weighted by Crippen LogP contribution is 2.35. The first kappa shape index (κ1) is 12.3. The van der Waals surface area contributed by atoms with Gasteiger partial charge >= 0.3 is 0 Å². The zero-order chi connectivity index (χ0) is 12.5. The van der Waals surface area contributed by atoms with Crippen LogP contribution in [0, 0.1) is 0 Å². The molecule has 1 saturated heterocycles. The third-order valence-corrected chi connectivity index (χ3v) is 4.91. The fourth-order valence-electron chi connectivity index (χ4n) is 2.95. The van der Waals surface area contributed by atoms with Gasteiger partial charge in [-0.1, -0.05) is 13.0 Å². The van der Waals surface area contributed by atoms with Crippen LogP contribution < -0.4 is 10.2 Å². The maximum absolute atomic E-state index is 4.89. The van der Waals surface area contributed by atoms with E-state index in [0.29, 0.717) is 12.1 Å². The smallest absolute Gasteiger partial charge is 0.133 e. The second-order valence-corrected chi connectivity index (χ2v) is 6.37. The highest BCUT2D eigenvalue weighted by molar-refractivity contribution is 7.99. The first-order chi connectivity index (χ1) is 8.79. The van der Waals surface area contributed by atoms with Gasteiger partial charge in [0.15, 0.2) is 0 Å². The summed E-state index contributed by atoms with van der Waals surface area (Å²) in [6.45, 7) is 6.68. The summed E-state index contributed by atoms with van der Waals surface area (Å²) in [5.41, 5.74) is 1.43. The lowest BCUT2D eigenvalue weighted by Crippen LogP contribution is -2.55. The van der Waals surface area contributed by atoms with Crippen molar-refractivity contribution in [2.75, 3.05) is 23.7 Å². The molecule has 3 heterocycles. The molecule has 2 aliphatic rings. The van der Waals surface area contributed by atoms with Gasteiger partial charge < -0.3 is 10.2 Å². The van der Waals surface area contributed by atoms with E-state index in [1.165, 1.54) is 22.8 Å². The van der Waals surface area contributed by atoms with Crippen LogP contribution in [0.3, 0.4) is 0 Å². The molecule has 3 nitrogen and oxygen atoms in total. The lowest BCUT2D eigenvalue weighted by atomic mass is 10.1. The molecule has 1 fully saturated rings. The Kier molecular flexibility index (Phi) is 3.48. The van der Waals surface area contributed by atoms with Gasteiger partial charge in [0.1, 0.15) is 5.82 Å². The van der Waals surface area contributed by atoms with Gasteiger partial charge in [-0.15, -0.1) is 11.8 Å². The summed E-state index contributed by atoms with van der Waals surface area (Å²) in [6.07, 6.45) is 2.36. The van der Waals surface area contributed by atoms with E-state index in [1.807, 2.05) is 11.8 Å². The van der Waals surface area contributed by atoms with Crippen LogP contribution in [0.15, 0.2) is 17.2 Å². The predicted molar refractivity (Wildman–Crippen MR) is 77.6 cm³/mol. The lowest BCUT2D eigenvalue weighted by molar-refractivity contribution is 0.427. The standard InChI is InChI=1S/C14H21N3S/c1-3-6-18-13-5-4-11-7-12-9-15-8-10(2)17(12)14(11)16-13/h4-5,10,12,15H,3,6-9H2,1-2H3/t10-,12-/m1/s1. The molecule has 0 aliphatic carbocycles. The summed E-state index contributed by atoms with van der Waals surface area (Å²) in [4.78, 5) is 7.42. The minimum Gasteiger partial charge on any atom is -0.348 e. The number of aromatic nitrogens is 1. The third kappa shape index (κ3) is 2.12. The number of nitrogens with one attached hydrogen (secondary N) is 1. The summed E-state index contributed by atoms with van der Waals surface area (Å²) in [7, 11) is 0. The number of rotatable bonds is 3. The highest BCUT2D eigenvalue weighted by Gasteiger charge is 2.36. The molecular weight excluding hydrogens is 242 g/mol. The maximum Gasteiger partial charge on any atom is 0.133 e. The van der Waals surface area contributed by atoms with E-state index in [0.717, 1.165) is 25.3 Å². The van der Waals surface area contributed by atoms with E-state index in [9.17, 15) is 0 Å². The van der Waals surface area contributed by atoms with Crippen molar-refractivity contribution in [2.24, 2.45) is 0 Å². The first-order valence-corrected chi connectivity index (χ1v) is 7.90. The molecule has 98 valence electrons. The molecule has 1 aromatic rings. The van der Waals surface area contributed by atoms with Crippen molar-refractivity contribution < 1.29 is 0 Å². The molecule has 0 spiro atoms. The Morgan fingerprint density at radius 2 is 2.33 bits per heavy atom. The van der Waals surface area contributed by atoms with Crippen molar-refractivity contribution in [3.63, 3.8) is 0 Å². The van der Waals surface area contributed by atoms with Crippen LogP contribution in [0.4, 0.5) is 5.82 Å². The first-order valence-electron chi connectivity index (χ1n) is 6.91. The maximum atomic E-state index is 4.89. The second-order valence-electron chi connectivity index (χ2n) is 5.25. The Hall–Kier alpha value is -0.740. The average Bonchev–Trinajstić information content (AvgIpc) is 2.75. The van der Waals surface area contributed by atoms with E-state index in [4.69, 9.17) is 4.98 Å². The number of pyridine rings is 1. The summed E-state index contributed by atoms with van der Waals surface area (Å²) in [6, 6.07) is 5.65. The highest BCUT2D eigenvalue weighted by atomic mass is 32.2. The Balaban J connectivity index is 1.87. The number of nitrogens with zero attached hydrogens (tertiary/aromatic N) is 2. The zero-order valence-corrected chi connectivity index (χ0v) is 12.0. The molecule has 0 radical (unpaired) electrons. The summed E-state index contributed by atoms with van der Waals surface area (Å²) >= 11 is 1.87. The quantitative estimate of drug-likeness (QED) is 0.847. The van der Waals surface area contributed by atoms with Crippen LogP contribution in [0.25, 0.3) is 0 Å². The monoisotopic (exact) mass is 263 g/mol. The molecule has 1 N–H and O–H groups in total. The molecule has 1 aromatic heterocycles. The van der Waals surface area contributed by atoms with Crippen molar-refractivity contribution in [1.29, 1.82) is 0 Å². The van der Waals surface area contributed by atoms with Crippen LogP contribution in [0.2, 0.25) is 0 Å². The normalized spacial score (nSPS) is 26.0. The molecule has 4 heteroatoms. The number of thioether (sulfide) groups is 1. The van der Waals surface area contributed by atoms with E-state index in [1.54, 1.807) is 0 Å². The van der Waals surface area contributed by atoms with Crippen molar-refractivity contribution in [2.45, 2.75) is 43.8 Å². The summed E-state index contributed by atoms with van der Waals surface area (Å²) in [5, 5.41) is 4.70. The van der Waals surface area contributed by atoms with Gasteiger partial charge in [-0.25, -0.2) is 4.98 Å². The van der Waals surface area contributed by atoms with Crippen molar-refractivity contribution in [1.82, 2.24) is 10.3 Å². The third-order valence-electron chi connectivity index (χ3n) is 3.77. The molecule has 0 bridgehead atoms. The zero-order valence-electron chi connectivity index (χ0n) is 11.1. The minimum atomic E-state index is 0.559. The summed E-state index contributed by atoms with van der Waals surface area (Å²) < 4.78 is 0. The van der Waals surface area contributed by atoms with Gasteiger partial charge in [0.2, 0.25) is 0 Å². The second kappa shape index (κ2) is 5.10. The Labute approximate surface area is 113 Å². The topological polar surface area (TPSA) is 28.2 Å². The van der Waals surface area contributed by atoms with Gasteiger partial charge in [-0.3, -0.25) is 0 Å². The van der Waals surface area contributed by atoms with Crippen LogP contribution in [-0.2, 0) is 6.42 Å². The molecule has 2 aliphatic heterocycles. The number of fused-ring (bicyclic) bond motifs is 3. The Bertz CT molecular complexity index is 435. The number of hydrogen-bond acceptors (Lipinski definition) is 4. The van der Waals surface area contributed by atoms with Crippen LogP contribution >= 0.6 is 11.8 Å². The molecular formula is C14H21N3S. The minimum absolute atomic E-state index is 0.559. The largest absolute Gasteiger partial charge is 0.348 e. The van der Waals surface area contributed by atoms with E-state index in [-0.39, 0.29) is 0 Å². The molecule has 18 heavy (non-hydrogen) atoms. The van der Waals surface area contributed by atoms with Gasteiger partial charge in [-0.05, 0) is 37.1 Å². The fourth-order valence-corrected chi connectivity index (χ4v) is 3.68. The number of anilines is 1. The molecule has 0 amide bonds. The SMILES string of the molecule is CCCSc1ccc2c(n1)N1[C@@H](CNC[C@H]1C)C2. The molecule has 0 unspecified atom stereocenters. The van der Waals surface area contributed by atoms with Crippen molar-refractivity contribution >= 4 is 17.6 Å². The Morgan fingerprint density at radius 3 is 3.17 bits per heavy atom. The van der Waals surface area contributed by atoms with Gasteiger partial charge in [-0.2, -0.15) is 0 Å². The van der Waals surface area contributed by atoms with Crippen LogP contribution in [0.1, 0.15) is 25.8 Å². The molecule has 0 aromatic carbocycles. The molecule has 3 rings (SSSR count). The van der Waals surface area contributed by atoms with Crippen molar-refractivity contribution in [3.05, 3.63) is 17.7 Å². The number of hydrogen-bond donors (Lipinski definition) is 1. The Morgan fingerprint density at radius 1 is 1.44 bits per heavy atom. The van der Waals surface area contributed by atoms with E-state index < -0.39 is 0 Å². The average molecular weight is 263 g/mol. The van der Waals surface area contributed by atoms with E-state index >= 15 is 0 Å². The lowest BCUT2D eigenvalue weighted by Gasteiger charge is -2.37. The van der Waals surface area contributed by atoms with Gasteiger partial charge in [0.05, 0.1) is 5.03 Å². The van der Waals surface area contributed by atoms with Gasteiger partial charge in [0.25, 0.3) is 0 Å². The predicted octanol–water partition coefficient (Wildman–Crippen LogP) is 2.31. The summed E-state index contributed by atoms with van der Waals surface area (Å²) in [5.74, 6) is 2.40. The molecule has 0 saturated carbocycles. The number of piperazine rings is 1. The van der Waals surface area contributed by atoms with Crippen LogP contribution in [0.5, 0.6) is 0 Å². The van der Waals surface area contributed by atoms with Crippen molar-refractivity contribution in [3.8, 4) is 0 Å². The van der Waals surface area contributed by atoms with E-state index in [2.05, 4.69) is 36.2 Å².